The number of ether oxygens (including phenoxy) is 2. The van der Waals surface area contributed by atoms with E-state index in [9.17, 15) is 27.6 Å². The van der Waals surface area contributed by atoms with Crippen molar-refractivity contribution in [3.05, 3.63) is 60.9 Å². The number of fused-ring (bicyclic) bond motifs is 5. The molecule has 3 N–H and O–H groups in total. The lowest BCUT2D eigenvalue weighted by molar-refractivity contribution is -0.141. The number of nitrogens with one attached hydrogen (secondary N) is 3. The topological polar surface area (TPSA) is 199 Å². The molecule has 2 aliphatic carbocycles. The lowest BCUT2D eigenvalue weighted by Crippen LogP contribution is -2.58. The Labute approximate surface area is 310 Å². The molecule has 4 aliphatic rings. The van der Waals surface area contributed by atoms with Gasteiger partial charge in [-0.05, 0) is 62.8 Å². The molecule has 0 spiro atoms. The number of amides is 4. The molecule has 4 amide bonds. The van der Waals surface area contributed by atoms with Crippen LogP contribution >= 0.6 is 0 Å². The van der Waals surface area contributed by atoms with Gasteiger partial charge in [0.2, 0.25) is 21.8 Å². The molecule has 8 rings (SSSR count). The maximum Gasteiger partial charge on any atom is 0.407 e. The number of pyridine rings is 1. The molecule has 1 saturated heterocycles. The van der Waals surface area contributed by atoms with E-state index in [4.69, 9.17) is 23.3 Å². The third-order valence-electron chi connectivity index (χ3n) is 10.7. The minimum atomic E-state index is -3.90. The molecule has 5 heterocycles. The van der Waals surface area contributed by atoms with Gasteiger partial charge < -0.3 is 33.8 Å². The highest BCUT2D eigenvalue weighted by molar-refractivity contribution is 7.91. The van der Waals surface area contributed by atoms with Gasteiger partial charge in [-0.15, -0.1) is 0 Å². The number of rotatable bonds is 7. The van der Waals surface area contributed by atoms with Crippen LogP contribution in [0.1, 0.15) is 57.8 Å². The van der Waals surface area contributed by atoms with E-state index >= 15 is 0 Å². The normalized spacial score (nSPS) is 26.9. The molecule has 2 aliphatic heterocycles. The van der Waals surface area contributed by atoms with E-state index in [-0.39, 0.29) is 19.4 Å². The molecule has 2 saturated carbocycles. The minimum absolute atomic E-state index is 0.0151. The lowest BCUT2D eigenvalue weighted by Gasteiger charge is -2.29. The first-order chi connectivity index (χ1) is 26.1. The number of benzene rings is 1. The van der Waals surface area contributed by atoms with Gasteiger partial charge in [0.05, 0.1) is 25.2 Å². The molecule has 54 heavy (non-hydrogen) atoms. The number of para-hydroxylation sites is 1. The Hall–Kier alpha value is -5.38. The Morgan fingerprint density at radius 1 is 1.07 bits per heavy atom. The van der Waals surface area contributed by atoms with Crippen molar-refractivity contribution < 1.29 is 45.9 Å². The first-order valence-electron chi connectivity index (χ1n) is 18.3. The summed E-state index contributed by atoms with van der Waals surface area (Å²) < 4.78 is 51.2. The molecule has 3 fully saturated rings. The number of hydrogen-bond donors (Lipinski definition) is 3. The SMILES string of the molecule is COC(=O)N[C@H]1CCCCC/C=C\[C@@H]2C[C@@]2(C(=O)NS(=O)(=O)C2CC2)NC(=O)[C@@H]2C[C@@H](Oc3cc(-c4ccco4)nc4c3oc3ccccc34)CN2C1=O. The Bertz CT molecular complexity index is 2250. The number of allylic oxidation sites excluding steroid dienone is 1. The zero-order valence-electron chi connectivity index (χ0n) is 29.6. The Morgan fingerprint density at radius 2 is 1.91 bits per heavy atom. The highest BCUT2D eigenvalue weighted by Gasteiger charge is 2.62. The molecule has 0 unspecified atom stereocenters. The average Bonchev–Trinajstić information content (AvgIpc) is 3.95. The summed E-state index contributed by atoms with van der Waals surface area (Å²) in [5.41, 5.74) is 0.473. The third-order valence-corrected chi connectivity index (χ3v) is 12.5. The third kappa shape index (κ3) is 6.90. The van der Waals surface area contributed by atoms with E-state index in [1.165, 1.54) is 18.3 Å². The summed E-state index contributed by atoms with van der Waals surface area (Å²) in [7, 11) is -2.69. The van der Waals surface area contributed by atoms with Gasteiger partial charge in [-0.3, -0.25) is 19.1 Å². The number of methoxy groups -OCH3 is 1. The van der Waals surface area contributed by atoms with Crippen LogP contribution in [0, 0.1) is 5.92 Å². The fraction of sp³-hybridized carbons (Fsp3) is 0.447. The van der Waals surface area contributed by atoms with Crippen LogP contribution in [-0.4, -0.2) is 84.7 Å². The van der Waals surface area contributed by atoms with Crippen molar-refractivity contribution in [2.45, 2.75) is 86.8 Å². The fourth-order valence-electron chi connectivity index (χ4n) is 7.52. The summed E-state index contributed by atoms with van der Waals surface area (Å²) in [5, 5.41) is 5.64. The first kappa shape index (κ1) is 35.6. The molecule has 4 aromatic rings. The van der Waals surface area contributed by atoms with Crippen LogP contribution in [0.15, 0.2) is 69.7 Å². The largest absolute Gasteiger partial charge is 0.484 e. The summed E-state index contributed by atoms with van der Waals surface area (Å²) in [6.07, 6.45) is 8.09. The smallest absolute Gasteiger partial charge is 0.407 e. The van der Waals surface area contributed by atoms with Gasteiger partial charge >= 0.3 is 6.09 Å². The predicted molar refractivity (Wildman–Crippen MR) is 194 cm³/mol. The second-order valence-corrected chi connectivity index (χ2v) is 16.4. The van der Waals surface area contributed by atoms with Crippen LogP contribution in [0.5, 0.6) is 5.75 Å². The van der Waals surface area contributed by atoms with Crippen molar-refractivity contribution in [3.8, 4) is 17.2 Å². The van der Waals surface area contributed by atoms with E-state index in [2.05, 4.69) is 15.4 Å². The second kappa shape index (κ2) is 14.1. The Kier molecular flexibility index (Phi) is 9.32. The van der Waals surface area contributed by atoms with Crippen LogP contribution < -0.4 is 20.1 Å². The van der Waals surface area contributed by atoms with Crippen molar-refractivity contribution in [2.24, 2.45) is 5.92 Å². The standard InChI is InChI=1S/C38H41N5O10S/c1-50-37(47)40-26-12-6-4-2-3-5-10-22-20-38(22,36(46)42-54(48,49)24-15-16-24)41-34(44)28-18-23(21-43(28)35(26)45)52-31-19-27(30-14-9-17-51-30)39-32-25-11-7-8-13-29(25)53-33(31)32/h5,7-11,13-14,17,19,22-24,26,28H,2-4,6,12,15-16,18,20-21H2,1H3,(H,40,47)(H,41,44)(H,42,46)/b10-5-/t22-,23-,26+,28+,38-/m1/s1. The number of furan rings is 2. The number of aromatic nitrogens is 1. The highest BCUT2D eigenvalue weighted by Crippen LogP contribution is 2.46. The maximum atomic E-state index is 14.4. The van der Waals surface area contributed by atoms with Crippen molar-refractivity contribution >= 4 is 55.9 Å². The quantitative estimate of drug-likeness (QED) is 0.227. The van der Waals surface area contributed by atoms with Crippen LogP contribution in [0.25, 0.3) is 33.5 Å². The molecule has 3 aromatic heterocycles. The van der Waals surface area contributed by atoms with E-state index in [1.54, 1.807) is 18.2 Å². The average molecular weight is 760 g/mol. The molecular formula is C38H41N5O10S. The van der Waals surface area contributed by atoms with Crippen LogP contribution in [0.4, 0.5) is 4.79 Å². The number of nitrogens with zero attached hydrogens (tertiary/aromatic N) is 2. The van der Waals surface area contributed by atoms with Crippen LogP contribution in [-0.2, 0) is 29.1 Å². The van der Waals surface area contributed by atoms with E-state index in [0.717, 1.165) is 18.2 Å². The van der Waals surface area contributed by atoms with Gasteiger partial charge in [-0.1, -0.05) is 37.1 Å². The van der Waals surface area contributed by atoms with Gasteiger partial charge in [0.25, 0.3) is 5.91 Å². The molecule has 5 atom stereocenters. The minimum Gasteiger partial charge on any atom is -0.484 e. The Morgan fingerprint density at radius 3 is 2.69 bits per heavy atom. The molecular weight excluding hydrogens is 719 g/mol. The van der Waals surface area contributed by atoms with Crippen LogP contribution in [0.3, 0.4) is 0 Å². The molecule has 0 radical (unpaired) electrons. The number of carbonyl (C=O) groups excluding carboxylic acids is 4. The maximum absolute atomic E-state index is 14.4. The monoisotopic (exact) mass is 759 g/mol. The predicted octanol–water partition coefficient (Wildman–Crippen LogP) is 4.32. The molecule has 0 bridgehead atoms. The van der Waals surface area contributed by atoms with Gasteiger partial charge in [0, 0.05) is 23.8 Å². The number of sulfonamides is 1. The van der Waals surface area contributed by atoms with Crippen molar-refractivity contribution in [1.82, 2.24) is 25.2 Å². The summed E-state index contributed by atoms with van der Waals surface area (Å²) in [6.45, 7) is -0.0466. The van der Waals surface area contributed by atoms with Gasteiger partial charge in [-0.2, -0.15) is 0 Å². The first-order valence-corrected chi connectivity index (χ1v) is 19.8. The van der Waals surface area contributed by atoms with Crippen molar-refractivity contribution in [2.75, 3.05) is 13.7 Å². The summed E-state index contributed by atoms with van der Waals surface area (Å²) in [6, 6.07) is 10.5. The number of carbonyl (C=O) groups is 4. The number of hydrogen-bond acceptors (Lipinski definition) is 11. The highest BCUT2D eigenvalue weighted by atomic mass is 32.2. The lowest BCUT2D eigenvalue weighted by atomic mass is 10.1. The van der Waals surface area contributed by atoms with E-state index in [0.29, 0.717) is 66.0 Å². The molecule has 1 aromatic carbocycles. The summed E-state index contributed by atoms with van der Waals surface area (Å²) in [4.78, 5) is 61.1. The zero-order valence-corrected chi connectivity index (χ0v) is 30.4. The summed E-state index contributed by atoms with van der Waals surface area (Å²) in [5.74, 6) is -1.58. The van der Waals surface area contributed by atoms with Gasteiger partial charge in [0.1, 0.15) is 40.5 Å². The van der Waals surface area contributed by atoms with Gasteiger partial charge in [0.15, 0.2) is 17.1 Å². The summed E-state index contributed by atoms with van der Waals surface area (Å²) >= 11 is 0. The second-order valence-electron chi connectivity index (χ2n) is 14.4. The van der Waals surface area contributed by atoms with E-state index in [1.807, 2.05) is 36.4 Å². The molecule has 16 heteroatoms. The van der Waals surface area contributed by atoms with Gasteiger partial charge in [-0.25, -0.2) is 18.2 Å². The number of alkyl carbamates (subject to hydrolysis) is 1. The van der Waals surface area contributed by atoms with Crippen LogP contribution in [0.2, 0.25) is 0 Å². The van der Waals surface area contributed by atoms with E-state index < -0.39 is 68.7 Å². The van der Waals surface area contributed by atoms with Crippen molar-refractivity contribution in [1.29, 1.82) is 0 Å². The Balaban J connectivity index is 1.14. The van der Waals surface area contributed by atoms with Crippen molar-refractivity contribution in [3.63, 3.8) is 0 Å². The molecule has 15 nitrogen and oxygen atoms in total. The molecule has 284 valence electrons. The fourth-order valence-corrected chi connectivity index (χ4v) is 8.88. The zero-order chi connectivity index (χ0) is 37.6.